The molecule has 1 fully saturated rings. The van der Waals surface area contributed by atoms with Crippen LogP contribution in [0.2, 0.25) is 0 Å². The highest BCUT2D eigenvalue weighted by molar-refractivity contribution is 7.09. The highest BCUT2D eigenvalue weighted by Gasteiger charge is 2.29. The van der Waals surface area contributed by atoms with E-state index in [1.165, 1.54) is 23.4 Å². The van der Waals surface area contributed by atoms with Crippen molar-refractivity contribution in [3.63, 3.8) is 0 Å². The van der Waals surface area contributed by atoms with Crippen LogP contribution in [-0.2, 0) is 0 Å². The Morgan fingerprint density at radius 2 is 2.50 bits per heavy atom. The molecular formula is C10H11NS. The van der Waals surface area contributed by atoms with Gasteiger partial charge in [-0.25, -0.2) is 4.98 Å². The molecule has 1 heterocycles. The Balaban J connectivity index is 2.30. The molecule has 1 aliphatic rings. The van der Waals surface area contributed by atoms with Crippen LogP contribution in [-0.4, -0.2) is 4.98 Å². The summed E-state index contributed by atoms with van der Waals surface area (Å²) < 4.78 is 0. The molecule has 0 saturated heterocycles. The van der Waals surface area contributed by atoms with Gasteiger partial charge in [-0.15, -0.1) is 17.8 Å². The molecule has 62 valence electrons. The standard InChI is InChI=1S/C10H11NS/c1-3-7(2)10-9(8-4-5-8)11-6-12-10/h1,6-8H,4-5H2,2H3. The zero-order chi connectivity index (χ0) is 8.55. The molecule has 2 rings (SSSR count). The number of rotatable bonds is 2. The minimum atomic E-state index is 0.244. The Morgan fingerprint density at radius 3 is 3.08 bits per heavy atom. The van der Waals surface area contributed by atoms with Crippen LogP contribution in [0.1, 0.15) is 42.2 Å². The Labute approximate surface area is 76.8 Å². The molecule has 1 aliphatic carbocycles. The van der Waals surface area contributed by atoms with Gasteiger partial charge < -0.3 is 0 Å². The molecule has 0 amide bonds. The van der Waals surface area contributed by atoms with Crippen LogP contribution >= 0.6 is 11.3 Å². The molecule has 1 aromatic heterocycles. The number of hydrogen-bond acceptors (Lipinski definition) is 2. The van der Waals surface area contributed by atoms with Gasteiger partial charge in [0.05, 0.1) is 17.1 Å². The summed E-state index contributed by atoms with van der Waals surface area (Å²) in [5.41, 5.74) is 3.18. The van der Waals surface area contributed by atoms with Crippen molar-refractivity contribution in [1.82, 2.24) is 4.98 Å². The average Bonchev–Trinajstić information content (AvgIpc) is 2.83. The Morgan fingerprint density at radius 1 is 1.75 bits per heavy atom. The van der Waals surface area contributed by atoms with Crippen molar-refractivity contribution in [3.8, 4) is 12.3 Å². The first-order chi connectivity index (χ1) is 5.83. The van der Waals surface area contributed by atoms with Crippen LogP contribution in [0.15, 0.2) is 5.51 Å². The van der Waals surface area contributed by atoms with E-state index in [1.807, 2.05) is 5.51 Å². The summed E-state index contributed by atoms with van der Waals surface area (Å²) in [4.78, 5) is 5.68. The molecular weight excluding hydrogens is 166 g/mol. The zero-order valence-electron chi connectivity index (χ0n) is 7.08. The van der Waals surface area contributed by atoms with E-state index in [4.69, 9.17) is 6.42 Å². The monoisotopic (exact) mass is 177 g/mol. The third-order valence-corrected chi connectivity index (χ3v) is 3.26. The van der Waals surface area contributed by atoms with Crippen molar-refractivity contribution in [3.05, 3.63) is 16.1 Å². The highest BCUT2D eigenvalue weighted by Crippen LogP contribution is 2.43. The van der Waals surface area contributed by atoms with E-state index in [9.17, 15) is 0 Å². The maximum atomic E-state index is 5.38. The Bertz CT molecular complexity index is 317. The summed E-state index contributed by atoms with van der Waals surface area (Å²) in [7, 11) is 0. The molecule has 0 radical (unpaired) electrons. The largest absolute Gasteiger partial charge is 0.249 e. The van der Waals surface area contributed by atoms with E-state index in [0.29, 0.717) is 0 Å². The van der Waals surface area contributed by atoms with E-state index in [0.717, 1.165) is 5.92 Å². The lowest BCUT2D eigenvalue weighted by Crippen LogP contribution is -1.91. The molecule has 12 heavy (non-hydrogen) atoms. The second-order valence-electron chi connectivity index (χ2n) is 3.26. The number of thiazole rings is 1. The van der Waals surface area contributed by atoms with Gasteiger partial charge in [-0.05, 0) is 19.8 Å². The van der Waals surface area contributed by atoms with Crippen LogP contribution in [0.4, 0.5) is 0 Å². The SMILES string of the molecule is C#CC(C)c1scnc1C1CC1. The predicted molar refractivity (Wildman–Crippen MR) is 51.3 cm³/mol. The molecule has 1 saturated carbocycles. The van der Waals surface area contributed by atoms with E-state index in [1.54, 1.807) is 11.3 Å². The van der Waals surface area contributed by atoms with Gasteiger partial charge in [0.15, 0.2) is 0 Å². The molecule has 1 atom stereocenters. The van der Waals surface area contributed by atoms with Crippen molar-refractivity contribution in [2.75, 3.05) is 0 Å². The molecule has 0 spiro atoms. The van der Waals surface area contributed by atoms with Gasteiger partial charge in [-0.3, -0.25) is 0 Å². The molecule has 0 aromatic carbocycles. The van der Waals surface area contributed by atoms with E-state index < -0.39 is 0 Å². The summed E-state index contributed by atoms with van der Waals surface area (Å²) in [6.07, 6.45) is 7.98. The average molecular weight is 177 g/mol. The maximum absolute atomic E-state index is 5.38. The number of aromatic nitrogens is 1. The molecule has 1 nitrogen and oxygen atoms in total. The third-order valence-electron chi connectivity index (χ3n) is 2.23. The highest BCUT2D eigenvalue weighted by atomic mass is 32.1. The van der Waals surface area contributed by atoms with Gasteiger partial charge in [-0.2, -0.15) is 0 Å². The first kappa shape index (κ1) is 7.82. The van der Waals surface area contributed by atoms with Crippen molar-refractivity contribution in [2.45, 2.75) is 31.6 Å². The number of hydrogen-bond donors (Lipinski definition) is 0. The van der Waals surface area contributed by atoms with Gasteiger partial charge in [0.1, 0.15) is 0 Å². The van der Waals surface area contributed by atoms with Crippen LogP contribution in [0, 0.1) is 12.3 Å². The smallest absolute Gasteiger partial charge is 0.0798 e. The summed E-state index contributed by atoms with van der Waals surface area (Å²) in [6, 6.07) is 0. The van der Waals surface area contributed by atoms with Crippen LogP contribution in [0.5, 0.6) is 0 Å². The zero-order valence-corrected chi connectivity index (χ0v) is 7.90. The fourth-order valence-corrected chi connectivity index (χ4v) is 2.22. The molecule has 2 heteroatoms. The first-order valence-corrected chi connectivity index (χ1v) is 5.10. The van der Waals surface area contributed by atoms with E-state index in [-0.39, 0.29) is 5.92 Å². The van der Waals surface area contributed by atoms with Gasteiger partial charge in [0, 0.05) is 10.8 Å². The molecule has 1 unspecified atom stereocenters. The molecule has 0 aliphatic heterocycles. The van der Waals surface area contributed by atoms with E-state index >= 15 is 0 Å². The maximum Gasteiger partial charge on any atom is 0.0798 e. The number of terminal acetylenes is 1. The quantitative estimate of drug-likeness (QED) is 0.633. The van der Waals surface area contributed by atoms with Gasteiger partial charge in [0.25, 0.3) is 0 Å². The molecule has 0 N–H and O–H groups in total. The lowest BCUT2D eigenvalue weighted by Gasteiger charge is -2.02. The summed E-state index contributed by atoms with van der Waals surface area (Å²) in [5, 5.41) is 0. The van der Waals surface area contributed by atoms with Crippen molar-refractivity contribution in [1.29, 1.82) is 0 Å². The van der Waals surface area contributed by atoms with Crippen molar-refractivity contribution < 1.29 is 0 Å². The van der Waals surface area contributed by atoms with Crippen LogP contribution in [0.25, 0.3) is 0 Å². The lowest BCUT2D eigenvalue weighted by atomic mass is 10.1. The second kappa shape index (κ2) is 2.91. The van der Waals surface area contributed by atoms with E-state index in [2.05, 4.69) is 17.8 Å². The third kappa shape index (κ3) is 1.25. The van der Waals surface area contributed by atoms with Crippen LogP contribution in [0.3, 0.4) is 0 Å². The second-order valence-corrected chi connectivity index (χ2v) is 4.15. The Kier molecular flexibility index (Phi) is 1.90. The number of nitrogens with zero attached hydrogens (tertiary/aromatic N) is 1. The molecule has 0 bridgehead atoms. The van der Waals surface area contributed by atoms with Crippen molar-refractivity contribution in [2.24, 2.45) is 0 Å². The topological polar surface area (TPSA) is 12.9 Å². The first-order valence-electron chi connectivity index (χ1n) is 4.22. The lowest BCUT2D eigenvalue weighted by molar-refractivity contribution is 0.948. The molecule has 1 aromatic rings. The minimum Gasteiger partial charge on any atom is -0.249 e. The van der Waals surface area contributed by atoms with Crippen LogP contribution < -0.4 is 0 Å². The predicted octanol–water partition coefficient (Wildman–Crippen LogP) is 2.76. The summed E-state index contributed by atoms with van der Waals surface area (Å²) in [6.45, 7) is 2.07. The van der Waals surface area contributed by atoms with Gasteiger partial charge in [-0.1, -0.05) is 5.92 Å². The summed E-state index contributed by atoms with van der Waals surface area (Å²) in [5.74, 6) is 3.73. The van der Waals surface area contributed by atoms with Crippen molar-refractivity contribution >= 4 is 11.3 Å². The fourth-order valence-electron chi connectivity index (χ4n) is 1.33. The van der Waals surface area contributed by atoms with Gasteiger partial charge >= 0.3 is 0 Å². The summed E-state index contributed by atoms with van der Waals surface area (Å²) >= 11 is 1.70. The normalized spacial score (nSPS) is 18.7. The Hall–Kier alpha value is -0.810. The van der Waals surface area contributed by atoms with Gasteiger partial charge in [0.2, 0.25) is 0 Å². The fraction of sp³-hybridized carbons (Fsp3) is 0.500. The minimum absolute atomic E-state index is 0.244.